The van der Waals surface area contributed by atoms with Crippen molar-refractivity contribution >= 4 is 35.6 Å². The van der Waals surface area contributed by atoms with Gasteiger partial charge < -0.3 is 14.7 Å². The average Bonchev–Trinajstić information content (AvgIpc) is 2.73. The van der Waals surface area contributed by atoms with E-state index in [9.17, 15) is 4.57 Å². The summed E-state index contributed by atoms with van der Waals surface area (Å²) in [6, 6.07) is 24.9. The predicted molar refractivity (Wildman–Crippen MR) is 128 cm³/mol. The first kappa shape index (κ1) is 22.4. The monoisotopic (exact) mass is 442 g/mol. The highest BCUT2D eigenvalue weighted by atomic mass is 35.5. The molecule has 6 heteroatoms. The molecular formula is C24H28ClN2O2P. The van der Waals surface area contributed by atoms with Gasteiger partial charge in [0, 0.05) is 35.8 Å². The SMILES string of the molecule is CC(C)O[P@](=O)(c1ccc(N(C)C)cc1)[C@@H](Nc1ccccc1)c1ccc(Cl)cc1. The molecule has 0 aliphatic rings. The molecule has 0 fully saturated rings. The van der Waals surface area contributed by atoms with Gasteiger partial charge in [-0.1, -0.05) is 41.9 Å². The van der Waals surface area contributed by atoms with E-state index in [4.69, 9.17) is 16.1 Å². The lowest BCUT2D eigenvalue weighted by Crippen LogP contribution is -2.22. The Morgan fingerprint density at radius 1 is 0.900 bits per heavy atom. The molecule has 30 heavy (non-hydrogen) atoms. The fraction of sp³-hybridized carbons (Fsp3) is 0.250. The highest BCUT2D eigenvalue weighted by molar-refractivity contribution is 7.67. The molecular weight excluding hydrogens is 415 g/mol. The molecule has 0 unspecified atom stereocenters. The van der Waals surface area contributed by atoms with Gasteiger partial charge in [0.2, 0.25) is 0 Å². The lowest BCUT2D eigenvalue weighted by atomic mass is 10.2. The zero-order chi connectivity index (χ0) is 21.7. The quantitative estimate of drug-likeness (QED) is 0.402. The second kappa shape index (κ2) is 9.70. The van der Waals surface area contributed by atoms with E-state index in [0.29, 0.717) is 10.3 Å². The zero-order valence-corrected chi connectivity index (χ0v) is 19.4. The summed E-state index contributed by atoms with van der Waals surface area (Å²) in [6.45, 7) is 3.81. The van der Waals surface area contributed by atoms with Crippen molar-refractivity contribution in [2.75, 3.05) is 24.3 Å². The van der Waals surface area contributed by atoms with Gasteiger partial charge in [0.1, 0.15) is 5.78 Å². The summed E-state index contributed by atoms with van der Waals surface area (Å²) < 4.78 is 20.8. The van der Waals surface area contributed by atoms with Crippen molar-refractivity contribution in [2.45, 2.75) is 25.7 Å². The summed E-state index contributed by atoms with van der Waals surface area (Å²) >= 11 is 6.11. The highest BCUT2D eigenvalue weighted by Gasteiger charge is 2.38. The van der Waals surface area contributed by atoms with E-state index in [-0.39, 0.29) is 6.10 Å². The van der Waals surface area contributed by atoms with Crippen molar-refractivity contribution in [3.05, 3.63) is 89.4 Å². The predicted octanol–water partition coefficient (Wildman–Crippen LogP) is 6.55. The summed E-state index contributed by atoms with van der Waals surface area (Å²) in [6.07, 6.45) is -0.211. The maximum Gasteiger partial charge on any atom is 0.258 e. The summed E-state index contributed by atoms with van der Waals surface area (Å²) in [7, 11) is 0.594. The van der Waals surface area contributed by atoms with Crippen molar-refractivity contribution in [2.24, 2.45) is 0 Å². The Morgan fingerprint density at radius 2 is 1.50 bits per heavy atom. The second-order valence-electron chi connectivity index (χ2n) is 7.63. The van der Waals surface area contributed by atoms with E-state index in [1.807, 2.05) is 112 Å². The van der Waals surface area contributed by atoms with Crippen LogP contribution < -0.4 is 15.5 Å². The van der Waals surface area contributed by atoms with Crippen LogP contribution in [0.5, 0.6) is 0 Å². The van der Waals surface area contributed by atoms with Crippen molar-refractivity contribution in [1.29, 1.82) is 0 Å². The minimum atomic E-state index is -3.36. The van der Waals surface area contributed by atoms with E-state index >= 15 is 0 Å². The molecule has 0 spiro atoms. The Labute approximate surface area is 184 Å². The van der Waals surface area contributed by atoms with E-state index in [1.165, 1.54) is 0 Å². The number of benzene rings is 3. The normalized spacial score (nSPS) is 14.2. The van der Waals surface area contributed by atoms with E-state index in [1.54, 1.807) is 0 Å². The Morgan fingerprint density at radius 3 is 2.03 bits per heavy atom. The topological polar surface area (TPSA) is 41.6 Å². The summed E-state index contributed by atoms with van der Waals surface area (Å²) in [4.78, 5) is 2.01. The first-order valence-electron chi connectivity index (χ1n) is 9.93. The largest absolute Gasteiger partial charge is 0.378 e. The van der Waals surface area contributed by atoms with Crippen molar-refractivity contribution < 1.29 is 9.09 Å². The van der Waals surface area contributed by atoms with Crippen LogP contribution in [0.15, 0.2) is 78.9 Å². The van der Waals surface area contributed by atoms with Crippen LogP contribution in [-0.2, 0) is 9.09 Å². The number of anilines is 2. The Bertz CT molecular complexity index is 990. The highest BCUT2D eigenvalue weighted by Crippen LogP contribution is 2.59. The number of hydrogen-bond acceptors (Lipinski definition) is 4. The standard InChI is InChI=1S/C24H28ClN2O2P/c1-18(2)29-30(28,23-16-14-22(15-17-23)27(3)4)24(19-10-12-20(25)13-11-19)26-21-8-6-5-7-9-21/h5-18,24,26H,1-4H3/t24-,30-/m1/s1. The number of hydrogen-bond donors (Lipinski definition) is 1. The molecule has 0 aliphatic heterocycles. The van der Waals surface area contributed by atoms with E-state index in [0.717, 1.165) is 16.9 Å². The van der Waals surface area contributed by atoms with Gasteiger partial charge in [-0.3, -0.25) is 4.57 Å². The minimum Gasteiger partial charge on any atom is -0.378 e. The molecule has 2 atom stereocenters. The van der Waals surface area contributed by atoms with Crippen LogP contribution in [0.2, 0.25) is 5.02 Å². The number of rotatable bonds is 8. The summed E-state index contributed by atoms with van der Waals surface area (Å²) in [5.74, 6) is -0.565. The van der Waals surface area contributed by atoms with Gasteiger partial charge in [-0.15, -0.1) is 0 Å². The molecule has 0 bridgehead atoms. The molecule has 0 aromatic heterocycles. The van der Waals surface area contributed by atoms with Gasteiger partial charge in [0.15, 0.2) is 0 Å². The summed E-state index contributed by atoms with van der Waals surface area (Å²) in [5.41, 5.74) is 2.76. The molecule has 4 nitrogen and oxygen atoms in total. The average molecular weight is 443 g/mol. The van der Waals surface area contributed by atoms with Gasteiger partial charge in [0.25, 0.3) is 7.37 Å². The fourth-order valence-electron chi connectivity index (χ4n) is 3.24. The minimum absolute atomic E-state index is 0.211. The maximum atomic E-state index is 14.6. The third-order valence-electron chi connectivity index (χ3n) is 4.70. The van der Waals surface area contributed by atoms with Crippen LogP contribution in [0, 0.1) is 0 Å². The van der Waals surface area contributed by atoms with Crippen LogP contribution in [0.1, 0.15) is 25.2 Å². The molecule has 0 saturated heterocycles. The number of para-hydroxylation sites is 1. The van der Waals surface area contributed by atoms with Crippen molar-refractivity contribution in [3.63, 3.8) is 0 Å². The lowest BCUT2D eigenvalue weighted by molar-refractivity contribution is 0.245. The first-order chi connectivity index (χ1) is 14.3. The first-order valence-corrected chi connectivity index (χ1v) is 12.0. The molecule has 3 aromatic rings. The molecule has 3 aromatic carbocycles. The van der Waals surface area contributed by atoms with Crippen LogP contribution in [0.4, 0.5) is 11.4 Å². The van der Waals surface area contributed by atoms with Crippen LogP contribution in [0.25, 0.3) is 0 Å². The van der Waals surface area contributed by atoms with Gasteiger partial charge in [-0.05, 0) is 67.9 Å². The molecule has 0 radical (unpaired) electrons. The molecule has 3 rings (SSSR count). The number of nitrogens with one attached hydrogen (secondary N) is 1. The van der Waals surface area contributed by atoms with Crippen LogP contribution in [-0.4, -0.2) is 20.2 Å². The smallest absolute Gasteiger partial charge is 0.258 e. The Balaban J connectivity index is 2.12. The third kappa shape index (κ3) is 5.26. The van der Waals surface area contributed by atoms with E-state index < -0.39 is 13.2 Å². The Hall–Kier alpha value is -2.26. The van der Waals surface area contributed by atoms with Crippen molar-refractivity contribution in [3.8, 4) is 0 Å². The Kier molecular flexibility index (Phi) is 7.25. The van der Waals surface area contributed by atoms with Crippen LogP contribution in [0.3, 0.4) is 0 Å². The second-order valence-corrected chi connectivity index (χ2v) is 10.5. The van der Waals surface area contributed by atoms with Gasteiger partial charge in [-0.2, -0.15) is 0 Å². The molecule has 0 amide bonds. The van der Waals surface area contributed by atoms with Gasteiger partial charge in [-0.25, -0.2) is 0 Å². The molecule has 1 N–H and O–H groups in total. The molecule has 0 saturated carbocycles. The molecule has 0 aliphatic carbocycles. The number of nitrogens with zero attached hydrogens (tertiary/aromatic N) is 1. The maximum absolute atomic E-state index is 14.6. The van der Waals surface area contributed by atoms with Crippen LogP contribution >= 0.6 is 19.0 Å². The fourth-order valence-corrected chi connectivity index (χ4v) is 5.99. The lowest BCUT2D eigenvalue weighted by Gasteiger charge is -2.31. The zero-order valence-electron chi connectivity index (χ0n) is 17.7. The number of halogens is 1. The van der Waals surface area contributed by atoms with Gasteiger partial charge >= 0.3 is 0 Å². The van der Waals surface area contributed by atoms with Gasteiger partial charge in [0.05, 0.1) is 6.10 Å². The van der Waals surface area contributed by atoms with E-state index in [2.05, 4.69) is 5.32 Å². The molecule has 0 heterocycles. The van der Waals surface area contributed by atoms with Crippen molar-refractivity contribution in [1.82, 2.24) is 0 Å². The summed E-state index contributed by atoms with van der Waals surface area (Å²) in [5, 5.41) is 4.76. The third-order valence-corrected chi connectivity index (χ3v) is 7.81. The molecule has 158 valence electrons.